The second-order valence-electron chi connectivity index (χ2n) is 4.67. The summed E-state index contributed by atoms with van der Waals surface area (Å²) in [6, 6.07) is 4.56. The Kier molecular flexibility index (Phi) is 3.21. The van der Waals surface area contributed by atoms with E-state index in [0.717, 1.165) is 16.5 Å². The first-order chi connectivity index (χ1) is 9.24. The SMILES string of the molecule is O=C(Cc1c[nH]c2ccc(F)cc12)N1CCOCC1. The number of carbonyl (C=O) groups is 1. The zero-order chi connectivity index (χ0) is 13.2. The lowest BCUT2D eigenvalue weighted by molar-refractivity contribution is -0.134. The van der Waals surface area contributed by atoms with Crippen LogP contribution in [0.4, 0.5) is 4.39 Å². The molecule has 0 bridgehead atoms. The van der Waals surface area contributed by atoms with Gasteiger partial charge in [0.15, 0.2) is 0 Å². The molecule has 1 N–H and O–H groups in total. The Labute approximate surface area is 110 Å². The summed E-state index contributed by atoms with van der Waals surface area (Å²) in [5.74, 6) is -0.222. The van der Waals surface area contributed by atoms with Gasteiger partial charge >= 0.3 is 0 Å². The molecule has 1 aromatic heterocycles. The summed E-state index contributed by atoms with van der Waals surface area (Å²) in [6.45, 7) is 2.45. The molecule has 1 fully saturated rings. The van der Waals surface area contributed by atoms with Gasteiger partial charge in [0.1, 0.15) is 5.82 Å². The Bertz CT molecular complexity index is 603. The van der Waals surface area contributed by atoms with Crippen LogP contribution in [0.5, 0.6) is 0 Å². The van der Waals surface area contributed by atoms with Crippen molar-refractivity contribution < 1.29 is 13.9 Å². The summed E-state index contributed by atoms with van der Waals surface area (Å²) in [5.41, 5.74) is 1.69. The van der Waals surface area contributed by atoms with Crippen LogP contribution in [0.15, 0.2) is 24.4 Å². The number of fused-ring (bicyclic) bond motifs is 1. The Morgan fingerprint density at radius 1 is 1.37 bits per heavy atom. The van der Waals surface area contributed by atoms with E-state index in [2.05, 4.69) is 4.98 Å². The van der Waals surface area contributed by atoms with Crippen LogP contribution in [-0.4, -0.2) is 42.1 Å². The molecule has 0 radical (unpaired) electrons. The summed E-state index contributed by atoms with van der Waals surface area (Å²) in [4.78, 5) is 17.0. The predicted octanol–water partition coefficient (Wildman–Crippen LogP) is 1.71. The number of ether oxygens (including phenoxy) is 1. The third kappa shape index (κ3) is 2.46. The second kappa shape index (κ2) is 5.01. The largest absolute Gasteiger partial charge is 0.378 e. The van der Waals surface area contributed by atoms with Crippen molar-refractivity contribution in [2.24, 2.45) is 0 Å². The van der Waals surface area contributed by atoms with Gasteiger partial charge in [-0.2, -0.15) is 0 Å². The highest BCUT2D eigenvalue weighted by atomic mass is 19.1. The number of morpholine rings is 1. The number of halogens is 1. The molecule has 1 saturated heterocycles. The molecular formula is C14H15FN2O2. The van der Waals surface area contributed by atoms with Gasteiger partial charge in [-0.1, -0.05) is 0 Å². The zero-order valence-electron chi connectivity index (χ0n) is 10.5. The van der Waals surface area contributed by atoms with Gasteiger partial charge in [0.2, 0.25) is 5.91 Å². The first-order valence-electron chi connectivity index (χ1n) is 6.35. The highest BCUT2D eigenvalue weighted by Gasteiger charge is 2.18. The van der Waals surface area contributed by atoms with Gasteiger partial charge in [0.25, 0.3) is 0 Å². The summed E-state index contributed by atoms with van der Waals surface area (Å²) in [7, 11) is 0. The number of nitrogens with zero attached hydrogens (tertiary/aromatic N) is 1. The first-order valence-corrected chi connectivity index (χ1v) is 6.35. The fourth-order valence-corrected chi connectivity index (χ4v) is 2.38. The average Bonchev–Trinajstić information content (AvgIpc) is 2.82. The molecule has 1 aliphatic rings. The van der Waals surface area contributed by atoms with E-state index < -0.39 is 0 Å². The van der Waals surface area contributed by atoms with Crippen molar-refractivity contribution in [3.63, 3.8) is 0 Å². The van der Waals surface area contributed by atoms with E-state index in [9.17, 15) is 9.18 Å². The number of rotatable bonds is 2. The maximum atomic E-state index is 13.3. The van der Waals surface area contributed by atoms with E-state index >= 15 is 0 Å². The van der Waals surface area contributed by atoms with Crippen molar-refractivity contribution in [3.8, 4) is 0 Å². The van der Waals surface area contributed by atoms with Gasteiger partial charge in [-0.05, 0) is 23.8 Å². The van der Waals surface area contributed by atoms with Crippen molar-refractivity contribution in [2.45, 2.75) is 6.42 Å². The Hall–Kier alpha value is -1.88. The third-order valence-electron chi connectivity index (χ3n) is 3.43. The molecule has 0 aliphatic carbocycles. The lowest BCUT2D eigenvalue weighted by atomic mass is 10.1. The van der Waals surface area contributed by atoms with Gasteiger partial charge in [-0.3, -0.25) is 4.79 Å². The molecule has 2 aromatic rings. The molecule has 4 nitrogen and oxygen atoms in total. The number of carbonyl (C=O) groups excluding carboxylic acids is 1. The van der Waals surface area contributed by atoms with Crippen LogP contribution in [0.25, 0.3) is 10.9 Å². The zero-order valence-corrected chi connectivity index (χ0v) is 10.5. The summed E-state index contributed by atoms with van der Waals surface area (Å²) >= 11 is 0. The van der Waals surface area contributed by atoms with Crippen molar-refractivity contribution >= 4 is 16.8 Å². The molecule has 19 heavy (non-hydrogen) atoms. The van der Waals surface area contributed by atoms with Crippen molar-refractivity contribution in [2.75, 3.05) is 26.3 Å². The van der Waals surface area contributed by atoms with Crippen LogP contribution >= 0.6 is 0 Å². The van der Waals surface area contributed by atoms with Crippen LogP contribution in [0.2, 0.25) is 0 Å². The number of benzene rings is 1. The Morgan fingerprint density at radius 2 is 2.16 bits per heavy atom. The van der Waals surface area contributed by atoms with E-state index in [0.29, 0.717) is 32.7 Å². The van der Waals surface area contributed by atoms with Crippen molar-refractivity contribution in [1.82, 2.24) is 9.88 Å². The van der Waals surface area contributed by atoms with E-state index in [-0.39, 0.29) is 11.7 Å². The molecule has 0 saturated carbocycles. The van der Waals surface area contributed by atoms with Gasteiger partial charge in [0, 0.05) is 30.2 Å². The average molecular weight is 262 g/mol. The maximum Gasteiger partial charge on any atom is 0.227 e. The van der Waals surface area contributed by atoms with Gasteiger partial charge in [-0.25, -0.2) is 4.39 Å². The topological polar surface area (TPSA) is 45.3 Å². The summed E-state index contributed by atoms with van der Waals surface area (Å²) in [5, 5.41) is 0.779. The van der Waals surface area contributed by atoms with Crippen LogP contribution in [0.1, 0.15) is 5.56 Å². The summed E-state index contributed by atoms with van der Waals surface area (Å²) < 4.78 is 18.5. The molecule has 3 rings (SSSR count). The smallest absolute Gasteiger partial charge is 0.227 e. The molecule has 0 spiro atoms. The Morgan fingerprint density at radius 3 is 2.95 bits per heavy atom. The molecule has 5 heteroatoms. The van der Waals surface area contributed by atoms with Crippen LogP contribution in [0, 0.1) is 5.82 Å². The number of hydrogen-bond acceptors (Lipinski definition) is 2. The molecule has 2 heterocycles. The van der Waals surface area contributed by atoms with Gasteiger partial charge < -0.3 is 14.6 Å². The molecule has 100 valence electrons. The normalized spacial score (nSPS) is 15.9. The van der Waals surface area contributed by atoms with E-state index in [1.54, 1.807) is 17.2 Å². The monoisotopic (exact) mass is 262 g/mol. The Balaban J connectivity index is 1.80. The van der Waals surface area contributed by atoms with Gasteiger partial charge in [-0.15, -0.1) is 0 Å². The number of hydrogen-bond donors (Lipinski definition) is 1. The van der Waals surface area contributed by atoms with Crippen molar-refractivity contribution in [1.29, 1.82) is 0 Å². The van der Waals surface area contributed by atoms with Crippen LogP contribution in [0.3, 0.4) is 0 Å². The van der Waals surface area contributed by atoms with E-state index in [4.69, 9.17) is 4.74 Å². The van der Waals surface area contributed by atoms with Crippen LogP contribution < -0.4 is 0 Å². The van der Waals surface area contributed by atoms with E-state index in [1.807, 2.05) is 0 Å². The maximum absolute atomic E-state index is 13.3. The minimum Gasteiger partial charge on any atom is -0.378 e. The molecule has 1 aromatic carbocycles. The van der Waals surface area contributed by atoms with Gasteiger partial charge in [0.05, 0.1) is 19.6 Å². The second-order valence-corrected chi connectivity index (χ2v) is 4.67. The first kappa shape index (κ1) is 12.2. The lowest BCUT2D eigenvalue weighted by Gasteiger charge is -2.26. The highest BCUT2D eigenvalue weighted by molar-refractivity contribution is 5.89. The predicted molar refractivity (Wildman–Crippen MR) is 69.4 cm³/mol. The third-order valence-corrected chi connectivity index (χ3v) is 3.43. The number of aromatic amines is 1. The molecule has 0 unspecified atom stereocenters. The molecule has 1 aliphatic heterocycles. The lowest BCUT2D eigenvalue weighted by Crippen LogP contribution is -2.41. The molecular weight excluding hydrogens is 247 g/mol. The number of amides is 1. The highest BCUT2D eigenvalue weighted by Crippen LogP contribution is 2.20. The number of nitrogens with one attached hydrogen (secondary N) is 1. The number of aromatic nitrogens is 1. The summed E-state index contributed by atoms with van der Waals surface area (Å²) in [6.07, 6.45) is 2.08. The standard InChI is InChI=1S/C14H15FN2O2/c15-11-1-2-13-12(8-11)10(9-16-13)7-14(18)17-3-5-19-6-4-17/h1-2,8-9,16H,3-7H2. The molecule has 0 atom stereocenters. The number of H-pyrrole nitrogens is 1. The van der Waals surface area contributed by atoms with Crippen molar-refractivity contribution in [3.05, 3.63) is 35.8 Å². The quantitative estimate of drug-likeness (QED) is 0.895. The fourth-order valence-electron chi connectivity index (χ4n) is 2.38. The minimum atomic E-state index is -0.285. The van der Waals surface area contributed by atoms with Crippen LogP contribution in [-0.2, 0) is 16.0 Å². The fraction of sp³-hybridized carbons (Fsp3) is 0.357. The molecule has 1 amide bonds. The minimum absolute atomic E-state index is 0.0634. The van der Waals surface area contributed by atoms with E-state index in [1.165, 1.54) is 12.1 Å².